The first-order chi connectivity index (χ1) is 34.4. The highest BCUT2D eigenvalue weighted by Crippen LogP contribution is 2.38. The molecule has 0 aromatic carbocycles. The van der Waals surface area contributed by atoms with Gasteiger partial charge in [-0.15, -0.1) is 0 Å². The van der Waals surface area contributed by atoms with Crippen molar-refractivity contribution in [3.05, 3.63) is 31.3 Å². The molecule has 36 nitrogen and oxygen atoms in total. The molecule has 30 atom stereocenters. The number of hydrogen-bond donors (Lipinski definition) is 15. The lowest BCUT2D eigenvalue weighted by Gasteiger charge is -2.50. The monoisotopic (exact) mass is 1050 g/mol. The summed E-state index contributed by atoms with van der Waals surface area (Å²) in [4.78, 5) is 7.92. The van der Waals surface area contributed by atoms with Crippen molar-refractivity contribution in [3.63, 3.8) is 0 Å². The van der Waals surface area contributed by atoms with Gasteiger partial charge in [-0.2, -0.15) is 0 Å². The van der Waals surface area contributed by atoms with Crippen LogP contribution in [-0.4, -0.2) is 300 Å². The highest BCUT2D eigenvalue weighted by molar-refractivity contribution is 5.01. The Hall–Kier alpha value is -3.15. The van der Waals surface area contributed by atoms with E-state index in [4.69, 9.17) is 67.9 Å². The molecule has 22 aliphatic rings. The van der Waals surface area contributed by atoms with E-state index in [0.29, 0.717) is 0 Å². The van der Waals surface area contributed by atoms with Gasteiger partial charge in [-0.3, -0.25) is 0 Å². The fraction of sp³-hybridized carbons (Fsp3) is 1.00. The van der Waals surface area contributed by atoms with Crippen LogP contribution in [0.15, 0.2) is 15.3 Å². The van der Waals surface area contributed by atoms with Crippen molar-refractivity contribution in [2.45, 2.75) is 184 Å². The molecule has 22 rings (SSSR count). The molecule has 0 amide bonds. The van der Waals surface area contributed by atoms with E-state index >= 15 is 0 Å². The molecule has 22 aliphatic heterocycles. The minimum Gasteiger partial charge on any atom is -0.394 e. The second-order valence-corrected chi connectivity index (χ2v) is 17.5. The van der Waals surface area contributed by atoms with Crippen molar-refractivity contribution in [1.82, 2.24) is 0 Å². The van der Waals surface area contributed by atoms with E-state index in [0.717, 1.165) is 0 Å². The predicted octanol–water partition coefficient (Wildman–Crippen LogP) is -9.10. The van der Waals surface area contributed by atoms with Gasteiger partial charge < -0.3 is 133 Å². The minimum absolute atomic E-state index is 0.711. The van der Waals surface area contributed by atoms with E-state index in [9.17, 15) is 82.1 Å². The Morgan fingerprint density at radius 2 is 0.431 bits per heavy atom. The van der Waals surface area contributed by atoms with E-state index in [-0.39, 0.29) is 0 Å². The van der Waals surface area contributed by atoms with Crippen LogP contribution in [0, 0.1) is 0 Å². The van der Waals surface area contributed by atoms with Crippen molar-refractivity contribution in [2.24, 2.45) is 15.3 Å². The largest absolute Gasteiger partial charge is 0.394 e. The van der Waals surface area contributed by atoms with E-state index < -0.39 is 224 Å². The quantitative estimate of drug-likeness (QED) is 0.0579. The van der Waals surface area contributed by atoms with Crippen LogP contribution in [0.2, 0.25) is 0 Å². The maximum Gasteiger partial charge on any atom is 0.187 e. The molecule has 36 heteroatoms. The van der Waals surface area contributed by atoms with Gasteiger partial charge in [0.25, 0.3) is 0 Å². The molecule has 22 fully saturated rings. The summed E-state index contributed by atoms with van der Waals surface area (Å²) < 4.78 is 69.1. The SMILES string of the molecule is [N-]=[N+]=NC[C@H]1O[C@@H]2O[C@H]3[C@H](O)[C@@H](O)[C@@H](O[C@H]4[C@H](O)[C@@H](O)[C@@H](O[C@H]5[C@H](O)[C@@H](O)[C@@H](O[C@H]6[C@H](O)[C@@H](O)[C@@H](O[C@H]7[C@H](O)[C@@H](O)[C@@H](O[C@H]1[C@H](O)[C@H]2O)O[C@@H]7CO)O[C@@H]6CN=[N+]=[N-])O[C@@H]5CN=[N+]=[N-])O[C@@H]4CO)O[C@@H]3CO. The molecule has 0 aliphatic carbocycles. The maximum absolute atomic E-state index is 11.5. The van der Waals surface area contributed by atoms with E-state index in [2.05, 4.69) is 30.1 Å². The second-order valence-electron chi connectivity index (χ2n) is 17.5. The lowest BCUT2D eigenvalue weighted by atomic mass is 9.94. The molecular weight excluding hydrogens is 990 g/mol. The van der Waals surface area contributed by atoms with Crippen LogP contribution in [0.3, 0.4) is 0 Å². The first kappa shape index (κ1) is 56.6. The molecule has 0 aromatic heterocycles. The smallest absolute Gasteiger partial charge is 0.187 e. The molecule has 22 saturated heterocycles. The molecule has 72 heavy (non-hydrogen) atoms. The fourth-order valence-corrected chi connectivity index (χ4v) is 9.28. The summed E-state index contributed by atoms with van der Waals surface area (Å²) >= 11 is 0. The third kappa shape index (κ3) is 11.5. The zero-order valence-corrected chi connectivity index (χ0v) is 37.2. The lowest BCUT2D eigenvalue weighted by Crippen LogP contribution is -2.69. The first-order valence-electron chi connectivity index (χ1n) is 22.3. The molecule has 0 unspecified atom stereocenters. The fourth-order valence-electron chi connectivity index (χ4n) is 9.28. The third-order valence-corrected chi connectivity index (χ3v) is 13.1. The summed E-state index contributed by atoms with van der Waals surface area (Å²) in [5.74, 6) is 0. The van der Waals surface area contributed by atoms with Gasteiger partial charge in [-0.25, -0.2) is 0 Å². The minimum atomic E-state index is -2.20. The summed E-state index contributed by atoms with van der Waals surface area (Å²) in [7, 11) is 0. The average molecular weight is 1050 g/mol. The Balaban J connectivity index is 1.23. The zero-order valence-electron chi connectivity index (χ0n) is 37.2. The Morgan fingerprint density at radius 3 is 0.597 bits per heavy atom. The van der Waals surface area contributed by atoms with Crippen molar-refractivity contribution >= 4 is 0 Å². The number of hydrogen-bond acceptors (Lipinski definition) is 30. The molecule has 12 bridgehead atoms. The number of azide groups is 3. The van der Waals surface area contributed by atoms with Gasteiger partial charge in [-0.1, -0.05) is 15.3 Å². The van der Waals surface area contributed by atoms with Crippen LogP contribution in [-0.2, 0) is 56.8 Å². The normalized spacial score (nSPS) is 51.2. The zero-order chi connectivity index (χ0) is 52.3. The van der Waals surface area contributed by atoms with Crippen molar-refractivity contribution in [3.8, 4) is 0 Å². The van der Waals surface area contributed by atoms with Crippen LogP contribution in [0.4, 0.5) is 0 Å². The standard InChI is InChI=1S/C36H57N9O27/c37-43-40-1-7-25-14(50)20(56)32(62-7)70-28-10(4-46)64-34(22(58)16(28)52)69-27-9(3-42-45-39)63-33(21(57)15(27)51)71-29-11(5-47)66-36(24(60)18(29)54)72-30-12(6-48)65-35(23(59)17(30)53)68-26-8(2-41-44-38)61-31(67-25)19(55)13(26)49/h7-36,46-60H,1-6H2/t7-,8-,9-,10-,11-,12-,13-,14-,15-,16-,17-,18-,19-,20-,21-,22-,23-,24-,25-,26-,27-,28-,29-,30-,31-,32-,33-,34-,35-,36-/m1/s1. The summed E-state index contributed by atoms with van der Waals surface area (Å²) in [5, 5.41) is 177. The summed E-state index contributed by atoms with van der Waals surface area (Å²) in [6.07, 6.45) is -59.6. The maximum atomic E-state index is 11.5. The molecule has 0 saturated carbocycles. The number of aliphatic hydroxyl groups is 15. The number of aliphatic hydroxyl groups excluding tert-OH is 15. The van der Waals surface area contributed by atoms with Crippen LogP contribution < -0.4 is 0 Å². The Morgan fingerprint density at radius 1 is 0.264 bits per heavy atom. The number of ether oxygens (including phenoxy) is 12. The highest BCUT2D eigenvalue weighted by atomic mass is 16.8. The van der Waals surface area contributed by atoms with Crippen LogP contribution in [0.5, 0.6) is 0 Å². The highest BCUT2D eigenvalue weighted by Gasteiger charge is 2.58. The third-order valence-electron chi connectivity index (χ3n) is 13.1. The summed E-state index contributed by atoms with van der Waals surface area (Å²) in [6, 6.07) is 0. The van der Waals surface area contributed by atoms with Crippen molar-refractivity contribution in [2.75, 3.05) is 39.5 Å². The van der Waals surface area contributed by atoms with Crippen LogP contribution >= 0.6 is 0 Å². The first-order valence-corrected chi connectivity index (χ1v) is 22.3. The van der Waals surface area contributed by atoms with Gasteiger partial charge in [-0.05, 0) is 16.6 Å². The van der Waals surface area contributed by atoms with Gasteiger partial charge in [0.2, 0.25) is 0 Å². The van der Waals surface area contributed by atoms with Gasteiger partial charge >= 0.3 is 0 Å². The van der Waals surface area contributed by atoms with Gasteiger partial charge in [0.05, 0.1) is 57.8 Å². The molecule has 15 N–H and O–H groups in total. The Labute approximate surface area is 403 Å². The second kappa shape index (κ2) is 24.7. The molecular formula is C36H57N9O27. The van der Waals surface area contributed by atoms with E-state index in [1.54, 1.807) is 0 Å². The molecule has 0 aromatic rings. The number of rotatable bonds is 9. The molecule has 22 heterocycles. The van der Waals surface area contributed by atoms with E-state index in [1.807, 2.05) is 0 Å². The van der Waals surface area contributed by atoms with Crippen molar-refractivity contribution in [1.29, 1.82) is 0 Å². The van der Waals surface area contributed by atoms with Crippen LogP contribution in [0.1, 0.15) is 0 Å². The topological polar surface area (TPSA) is 560 Å². The predicted molar refractivity (Wildman–Crippen MR) is 217 cm³/mol. The molecule has 0 radical (unpaired) electrons. The lowest BCUT2D eigenvalue weighted by molar-refractivity contribution is -0.401. The van der Waals surface area contributed by atoms with Gasteiger partial charge in [0.1, 0.15) is 128 Å². The average Bonchev–Trinajstić information content (AvgIpc) is 3.37. The molecule has 408 valence electrons. The Bertz CT molecular complexity index is 1920. The summed E-state index contributed by atoms with van der Waals surface area (Å²) in [5.41, 5.74) is 27.5. The Kier molecular flexibility index (Phi) is 19.4. The van der Waals surface area contributed by atoms with Crippen molar-refractivity contribution < 1.29 is 133 Å². The van der Waals surface area contributed by atoms with Gasteiger partial charge in [0, 0.05) is 14.7 Å². The number of nitrogens with zero attached hydrogens (tertiary/aromatic N) is 9. The molecule has 0 spiro atoms. The summed E-state index contributed by atoms with van der Waals surface area (Å²) in [6.45, 7) is -5.25. The van der Waals surface area contributed by atoms with Crippen LogP contribution in [0.25, 0.3) is 31.3 Å². The van der Waals surface area contributed by atoms with E-state index in [1.165, 1.54) is 0 Å². The van der Waals surface area contributed by atoms with Gasteiger partial charge in [0.15, 0.2) is 37.7 Å².